The summed E-state index contributed by atoms with van der Waals surface area (Å²) in [6, 6.07) is 6.36. The molecule has 2 N–H and O–H groups in total. The second-order valence-electron chi connectivity index (χ2n) is 6.29. The summed E-state index contributed by atoms with van der Waals surface area (Å²) in [6.45, 7) is 6.04. The third-order valence-corrected chi connectivity index (χ3v) is 4.47. The standard InChI is InChI=1S/C19H29NO4/c1-3-12-24-18-15(6-5-7-17(18)23-4-2)13-20-16-10-8-14(9-11-16)19(21)22/h5-7,14,16,20H,3-4,8-13H2,1-2H3,(H,21,22). The number of para-hydroxylation sites is 1. The summed E-state index contributed by atoms with van der Waals surface area (Å²) in [5.74, 6) is 0.786. The summed E-state index contributed by atoms with van der Waals surface area (Å²) in [5, 5.41) is 12.6. The molecule has 0 radical (unpaired) electrons. The average Bonchev–Trinajstić information content (AvgIpc) is 2.59. The van der Waals surface area contributed by atoms with Crippen molar-refractivity contribution in [1.29, 1.82) is 0 Å². The zero-order chi connectivity index (χ0) is 17.4. The minimum atomic E-state index is -0.659. The Bertz CT molecular complexity index is 524. The Labute approximate surface area is 144 Å². The number of carboxylic acid groups (broad SMARTS) is 1. The van der Waals surface area contributed by atoms with Crippen LogP contribution in [0.2, 0.25) is 0 Å². The molecule has 0 unspecified atom stereocenters. The van der Waals surface area contributed by atoms with Crippen molar-refractivity contribution in [3.8, 4) is 11.5 Å². The van der Waals surface area contributed by atoms with Crippen LogP contribution in [0.15, 0.2) is 18.2 Å². The van der Waals surface area contributed by atoms with Gasteiger partial charge < -0.3 is 19.9 Å². The first kappa shape index (κ1) is 18.6. The topological polar surface area (TPSA) is 67.8 Å². The third-order valence-electron chi connectivity index (χ3n) is 4.47. The summed E-state index contributed by atoms with van der Waals surface area (Å²) in [5.41, 5.74) is 1.09. The number of aliphatic carboxylic acids is 1. The maximum absolute atomic E-state index is 11.0. The van der Waals surface area contributed by atoms with Crippen molar-refractivity contribution in [3.05, 3.63) is 23.8 Å². The molecular formula is C19H29NO4. The summed E-state index contributed by atoms with van der Waals surface area (Å²) >= 11 is 0. The molecule has 1 aromatic rings. The molecule has 0 bridgehead atoms. The number of nitrogens with one attached hydrogen (secondary N) is 1. The smallest absolute Gasteiger partial charge is 0.306 e. The maximum Gasteiger partial charge on any atom is 0.306 e. The summed E-state index contributed by atoms with van der Waals surface area (Å²) in [4.78, 5) is 11.0. The lowest BCUT2D eigenvalue weighted by Gasteiger charge is -2.27. The van der Waals surface area contributed by atoms with Crippen LogP contribution in [0.4, 0.5) is 0 Å². The van der Waals surface area contributed by atoms with Crippen LogP contribution in [-0.2, 0) is 11.3 Å². The Morgan fingerprint density at radius 1 is 1.21 bits per heavy atom. The number of rotatable bonds is 9. The number of hydrogen-bond donors (Lipinski definition) is 2. The highest BCUT2D eigenvalue weighted by atomic mass is 16.5. The molecule has 1 saturated carbocycles. The Hall–Kier alpha value is -1.75. The normalized spacial score (nSPS) is 20.6. The number of hydrogen-bond acceptors (Lipinski definition) is 4. The van der Waals surface area contributed by atoms with E-state index in [-0.39, 0.29) is 5.92 Å². The van der Waals surface area contributed by atoms with Gasteiger partial charge in [0.1, 0.15) is 0 Å². The van der Waals surface area contributed by atoms with E-state index in [4.69, 9.17) is 14.6 Å². The fourth-order valence-corrected chi connectivity index (χ4v) is 3.14. The van der Waals surface area contributed by atoms with E-state index in [2.05, 4.69) is 18.3 Å². The van der Waals surface area contributed by atoms with Gasteiger partial charge in [0.2, 0.25) is 0 Å². The summed E-state index contributed by atoms with van der Waals surface area (Å²) < 4.78 is 11.6. The molecule has 0 heterocycles. The van der Waals surface area contributed by atoms with Gasteiger partial charge in [-0.1, -0.05) is 19.1 Å². The molecule has 0 amide bonds. The van der Waals surface area contributed by atoms with Gasteiger partial charge in [-0.3, -0.25) is 4.79 Å². The first-order valence-corrected chi connectivity index (χ1v) is 8.99. The average molecular weight is 335 g/mol. The van der Waals surface area contributed by atoms with Gasteiger partial charge in [0, 0.05) is 18.2 Å². The van der Waals surface area contributed by atoms with Crippen molar-refractivity contribution >= 4 is 5.97 Å². The van der Waals surface area contributed by atoms with E-state index >= 15 is 0 Å². The predicted molar refractivity (Wildman–Crippen MR) is 93.6 cm³/mol. The molecule has 0 saturated heterocycles. The van der Waals surface area contributed by atoms with E-state index < -0.39 is 5.97 Å². The van der Waals surface area contributed by atoms with Gasteiger partial charge in [0.25, 0.3) is 0 Å². The lowest BCUT2D eigenvalue weighted by Crippen LogP contribution is -2.34. The Balaban J connectivity index is 1.96. The number of ether oxygens (including phenoxy) is 2. The lowest BCUT2D eigenvalue weighted by atomic mass is 9.86. The van der Waals surface area contributed by atoms with Crippen LogP contribution in [0, 0.1) is 5.92 Å². The fourth-order valence-electron chi connectivity index (χ4n) is 3.14. The molecule has 0 aliphatic heterocycles. The zero-order valence-electron chi connectivity index (χ0n) is 14.7. The second-order valence-corrected chi connectivity index (χ2v) is 6.29. The molecule has 1 aliphatic carbocycles. The minimum Gasteiger partial charge on any atom is -0.490 e. The molecule has 1 aliphatic rings. The van der Waals surface area contributed by atoms with E-state index in [9.17, 15) is 4.79 Å². The molecule has 5 nitrogen and oxygen atoms in total. The number of carbonyl (C=O) groups is 1. The largest absolute Gasteiger partial charge is 0.490 e. The minimum absolute atomic E-state index is 0.173. The van der Waals surface area contributed by atoms with Crippen LogP contribution in [-0.4, -0.2) is 30.3 Å². The predicted octanol–water partition coefficient (Wildman–Crippen LogP) is 3.61. The molecule has 134 valence electrons. The van der Waals surface area contributed by atoms with Crippen molar-refractivity contribution in [2.45, 2.75) is 58.5 Å². The fraction of sp³-hybridized carbons (Fsp3) is 0.632. The monoisotopic (exact) mass is 335 g/mol. The molecule has 2 rings (SSSR count). The summed E-state index contributed by atoms with van der Waals surface area (Å²) in [7, 11) is 0. The SMILES string of the molecule is CCCOc1c(CNC2CCC(C(=O)O)CC2)cccc1OCC. The van der Waals surface area contributed by atoms with E-state index in [1.807, 2.05) is 19.1 Å². The number of benzene rings is 1. The third kappa shape index (κ3) is 5.13. The van der Waals surface area contributed by atoms with Crippen LogP contribution in [0.1, 0.15) is 51.5 Å². The van der Waals surface area contributed by atoms with Gasteiger partial charge in [-0.25, -0.2) is 0 Å². The molecule has 1 aromatic carbocycles. The van der Waals surface area contributed by atoms with E-state index in [0.717, 1.165) is 49.2 Å². The quantitative estimate of drug-likeness (QED) is 0.721. The van der Waals surface area contributed by atoms with Gasteiger partial charge in [-0.15, -0.1) is 0 Å². The zero-order valence-corrected chi connectivity index (χ0v) is 14.7. The molecule has 1 fully saturated rings. The van der Waals surface area contributed by atoms with Gasteiger partial charge in [-0.05, 0) is 45.1 Å². The van der Waals surface area contributed by atoms with E-state index in [1.165, 1.54) is 0 Å². The highest BCUT2D eigenvalue weighted by Crippen LogP contribution is 2.32. The van der Waals surface area contributed by atoms with Crippen LogP contribution < -0.4 is 14.8 Å². The van der Waals surface area contributed by atoms with Gasteiger partial charge >= 0.3 is 5.97 Å². The number of carboxylic acids is 1. The lowest BCUT2D eigenvalue weighted by molar-refractivity contribution is -0.142. The van der Waals surface area contributed by atoms with Crippen molar-refractivity contribution in [2.75, 3.05) is 13.2 Å². The molecule has 0 aromatic heterocycles. The van der Waals surface area contributed by atoms with Crippen LogP contribution in [0.25, 0.3) is 0 Å². The van der Waals surface area contributed by atoms with Crippen molar-refractivity contribution < 1.29 is 19.4 Å². The Morgan fingerprint density at radius 3 is 2.58 bits per heavy atom. The van der Waals surface area contributed by atoms with Gasteiger partial charge in [0.15, 0.2) is 11.5 Å². The first-order valence-electron chi connectivity index (χ1n) is 8.99. The van der Waals surface area contributed by atoms with Crippen LogP contribution >= 0.6 is 0 Å². The molecule has 0 spiro atoms. The highest BCUT2D eigenvalue weighted by molar-refractivity contribution is 5.70. The highest BCUT2D eigenvalue weighted by Gasteiger charge is 2.25. The molecule has 24 heavy (non-hydrogen) atoms. The van der Waals surface area contributed by atoms with E-state index in [0.29, 0.717) is 25.8 Å². The van der Waals surface area contributed by atoms with E-state index in [1.54, 1.807) is 0 Å². The Kier molecular flexibility index (Phi) is 7.37. The summed E-state index contributed by atoms with van der Waals surface area (Å²) in [6.07, 6.45) is 4.28. The molecule has 5 heteroatoms. The molecular weight excluding hydrogens is 306 g/mol. The van der Waals surface area contributed by atoms with Crippen molar-refractivity contribution in [3.63, 3.8) is 0 Å². The van der Waals surface area contributed by atoms with Gasteiger partial charge in [0.05, 0.1) is 19.1 Å². The van der Waals surface area contributed by atoms with Crippen LogP contribution in [0.5, 0.6) is 11.5 Å². The maximum atomic E-state index is 11.0. The van der Waals surface area contributed by atoms with Gasteiger partial charge in [-0.2, -0.15) is 0 Å². The van der Waals surface area contributed by atoms with Crippen molar-refractivity contribution in [2.24, 2.45) is 5.92 Å². The Morgan fingerprint density at radius 2 is 1.96 bits per heavy atom. The van der Waals surface area contributed by atoms with Crippen molar-refractivity contribution in [1.82, 2.24) is 5.32 Å². The van der Waals surface area contributed by atoms with Crippen LogP contribution in [0.3, 0.4) is 0 Å². The second kappa shape index (κ2) is 9.52. The molecule has 0 atom stereocenters. The first-order chi connectivity index (χ1) is 11.7.